The molecule has 122 valence electrons. The van der Waals surface area contributed by atoms with Crippen LogP contribution in [0.4, 0.5) is 14.5 Å². The number of halogens is 3. The Labute approximate surface area is 131 Å². The molecule has 0 heterocycles. The second-order valence-corrected chi connectivity index (χ2v) is 5.80. The summed E-state index contributed by atoms with van der Waals surface area (Å²) in [6.45, 7) is 4.89. The molecule has 0 aromatic heterocycles. The molecule has 5 nitrogen and oxygen atoms in total. The molecule has 1 aromatic rings. The third-order valence-electron chi connectivity index (χ3n) is 3.32. The van der Waals surface area contributed by atoms with Crippen LogP contribution in [0, 0.1) is 17.6 Å². The van der Waals surface area contributed by atoms with Crippen LogP contribution in [0.25, 0.3) is 0 Å². The van der Waals surface area contributed by atoms with E-state index >= 15 is 0 Å². The molecule has 1 unspecified atom stereocenters. The number of aliphatic hydroxyl groups is 1. The number of rotatable bonds is 4. The van der Waals surface area contributed by atoms with Crippen LogP contribution in [0.5, 0.6) is 0 Å². The van der Waals surface area contributed by atoms with Gasteiger partial charge in [-0.25, -0.2) is 8.78 Å². The van der Waals surface area contributed by atoms with Gasteiger partial charge >= 0.3 is 11.8 Å². The second kappa shape index (κ2) is 7.02. The maximum absolute atomic E-state index is 13.1. The summed E-state index contributed by atoms with van der Waals surface area (Å²) in [5, 5.41) is 14.1. The molecular formula is C14H17ClF2N2O3. The topological polar surface area (TPSA) is 78.4 Å². The van der Waals surface area contributed by atoms with Gasteiger partial charge in [-0.05, 0) is 18.9 Å². The van der Waals surface area contributed by atoms with E-state index in [2.05, 4.69) is 10.6 Å². The van der Waals surface area contributed by atoms with Gasteiger partial charge < -0.3 is 15.7 Å². The Balaban J connectivity index is 2.70. The van der Waals surface area contributed by atoms with Gasteiger partial charge in [0.15, 0.2) is 11.6 Å². The number of carbonyl (C=O) groups excluding carboxylic acids is 2. The Morgan fingerprint density at radius 2 is 1.82 bits per heavy atom. The normalized spacial score (nSPS) is 13.6. The highest BCUT2D eigenvalue weighted by atomic mass is 35.5. The van der Waals surface area contributed by atoms with E-state index in [1.54, 1.807) is 13.8 Å². The lowest BCUT2D eigenvalue weighted by Gasteiger charge is -2.27. The Kier molecular flexibility index (Phi) is 5.85. The molecule has 0 radical (unpaired) electrons. The van der Waals surface area contributed by atoms with Crippen molar-refractivity contribution in [2.24, 2.45) is 5.92 Å². The minimum absolute atomic E-state index is 0.136. The molecule has 0 aliphatic carbocycles. The first-order valence-electron chi connectivity index (χ1n) is 6.50. The third-order valence-corrected chi connectivity index (χ3v) is 3.63. The molecule has 0 spiro atoms. The van der Waals surface area contributed by atoms with Gasteiger partial charge in [0, 0.05) is 12.6 Å². The van der Waals surface area contributed by atoms with Gasteiger partial charge in [-0.3, -0.25) is 9.59 Å². The van der Waals surface area contributed by atoms with E-state index in [1.807, 2.05) is 0 Å². The summed E-state index contributed by atoms with van der Waals surface area (Å²) in [6.07, 6.45) is 0. The summed E-state index contributed by atoms with van der Waals surface area (Å²) in [5.74, 6) is -4.64. The van der Waals surface area contributed by atoms with Gasteiger partial charge in [0.1, 0.15) is 0 Å². The highest BCUT2D eigenvalue weighted by Gasteiger charge is 2.27. The lowest BCUT2D eigenvalue weighted by Crippen LogP contribution is -2.47. The third kappa shape index (κ3) is 4.64. The van der Waals surface area contributed by atoms with E-state index < -0.39 is 29.0 Å². The van der Waals surface area contributed by atoms with Crippen LogP contribution in [0.3, 0.4) is 0 Å². The number of carbonyl (C=O) groups is 2. The van der Waals surface area contributed by atoms with Crippen molar-refractivity contribution in [1.29, 1.82) is 0 Å². The summed E-state index contributed by atoms with van der Waals surface area (Å²) >= 11 is 5.65. The highest BCUT2D eigenvalue weighted by Crippen LogP contribution is 2.24. The summed E-state index contributed by atoms with van der Waals surface area (Å²) in [4.78, 5) is 23.3. The zero-order valence-electron chi connectivity index (χ0n) is 12.3. The average molecular weight is 335 g/mol. The van der Waals surface area contributed by atoms with Crippen molar-refractivity contribution in [3.05, 3.63) is 28.8 Å². The van der Waals surface area contributed by atoms with E-state index in [-0.39, 0.29) is 23.2 Å². The van der Waals surface area contributed by atoms with Gasteiger partial charge in [-0.1, -0.05) is 25.4 Å². The van der Waals surface area contributed by atoms with Crippen molar-refractivity contribution in [3.8, 4) is 0 Å². The van der Waals surface area contributed by atoms with Gasteiger partial charge in [0.2, 0.25) is 0 Å². The van der Waals surface area contributed by atoms with Crippen molar-refractivity contribution in [1.82, 2.24) is 5.32 Å². The second-order valence-electron chi connectivity index (χ2n) is 5.39. The van der Waals surface area contributed by atoms with Crippen LogP contribution in [-0.2, 0) is 9.59 Å². The fourth-order valence-corrected chi connectivity index (χ4v) is 1.54. The molecule has 3 N–H and O–H groups in total. The minimum atomic E-state index is -1.21. The number of amides is 2. The van der Waals surface area contributed by atoms with Crippen LogP contribution in [0.15, 0.2) is 12.1 Å². The van der Waals surface area contributed by atoms with Gasteiger partial charge in [-0.15, -0.1) is 0 Å². The first-order valence-corrected chi connectivity index (χ1v) is 6.88. The molecule has 1 rings (SSSR count). The predicted octanol–water partition coefficient (Wildman–Crippen LogP) is 2.08. The number of hydrogen-bond donors (Lipinski definition) is 3. The summed E-state index contributed by atoms with van der Waals surface area (Å²) in [5.41, 5.74) is -1.41. The Morgan fingerprint density at radius 1 is 1.27 bits per heavy atom. The van der Waals surface area contributed by atoms with Gasteiger partial charge in [0.25, 0.3) is 0 Å². The molecule has 22 heavy (non-hydrogen) atoms. The van der Waals surface area contributed by atoms with Gasteiger partial charge in [-0.2, -0.15) is 0 Å². The lowest BCUT2D eigenvalue weighted by molar-refractivity contribution is -0.137. The van der Waals surface area contributed by atoms with Crippen LogP contribution < -0.4 is 10.6 Å². The number of anilines is 1. The Hall–Kier alpha value is -1.73. The molecular weight excluding hydrogens is 318 g/mol. The fourth-order valence-electron chi connectivity index (χ4n) is 1.34. The van der Waals surface area contributed by atoms with Crippen LogP contribution >= 0.6 is 11.6 Å². The SMILES string of the molecule is CC(C)C(C)(O)CNC(=O)C(=O)Nc1cc(F)c(F)cc1Cl. The molecule has 0 aliphatic heterocycles. The quantitative estimate of drug-likeness (QED) is 0.582. The number of benzene rings is 1. The van der Waals surface area contributed by atoms with Crippen LogP contribution in [-0.4, -0.2) is 29.1 Å². The molecule has 8 heteroatoms. The Bertz CT molecular complexity index is 592. The van der Waals surface area contributed by atoms with E-state index in [1.165, 1.54) is 6.92 Å². The summed E-state index contributed by atoms with van der Waals surface area (Å²) < 4.78 is 26.0. The molecule has 0 saturated carbocycles. The van der Waals surface area contributed by atoms with Crippen molar-refractivity contribution in [2.45, 2.75) is 26.4 Å². The molecule has 0 saturated heterocycles. The van der Waals surface area contributed by atoms with Crippen LogP contribution in [0.2, 0.25) is 5.02 Å². The summed E-state index contributed by atoms with van der Waals surface area (Å²) in [7, 11) is 0. The van der Waals surface area contributed by atoms with Crippen molar-refractivity contribution in [2.75, 3.05) is 11.9 Å². The zero-order chi connectivity index (χ0) is 17.1. The van der Waals surface area contributed by atoms with E-state index in [0.717, 1.165) is 0 Å². The van der Waals surface area contributed by atoms with E-state index in [0.29, 0.717) is 12.1 Å². The predicted molar refractivity (Wildman–Crippen MR) is 78.5 cm³/mol. The monoisotopic (exact) mass is 334 g/mol. The van der Waals surface area contributed by atoms with Crippen molar-refractivity contribution >= 4 is 29.1 Å². The maximum atomic E-state index is 13.1. The first-order chi connectivity index (χ1) is 10.0. The zero-order valence-corrected chi connectivity index (χ0v) is 13.1. The number of nitrogens with one attached hydrogen (secondary N) is 2. The minimum Gasteiger partial charge on any atom is -0.388 e. The molecule has 0 bridgehead atoms. The molecule has 1 aromatic carbocycles. The molecule has 1 atom stereocenters. The van der Waals surface area contributed by atoms with Crippen molar-refractivity contribution < 1.29 is 23.5 Å². The first kappa shape index (κ1) is 18.3. The standard InChI is InChI=1S/C14H17ClF2N2O3/c1-7(2)14(3,22)6-18-12(20)13(21)19-11-5-10(17)9(16)4-8(11)15/h4-5,7,22H,6H2,1-3H3,(H,18,20)(H,19,21). The molecule has 0 aliphatic rings. The van der Waals surface area contributed by atoms with Gasteiger partial charge in [0.05, 0.1) is 16.3 Å². The highest BCUT2D eigenvalue weighted by molar-refractivity contribution is 6.41. The lowest BCUT2D eigenvalue weighted by atomic mass is 9.92. The Morgan fingerprint density at radius 3 is 2.36 bits per heavy atom. The maximum Gasteiger partial charge on any atom is 0.313 e. The van der Waals surface area contributed by atoms with Crippen molar-refractivity contribution in [3.63, 3.8) is 0 Å². The van der Waals surface area contributed by atoms with Crippen LogP contribution in [0.1, 0.15) is 20.8 Å². The molecule has 2 amide bonds. The smallest absolute Gasteiger partial charge is 0.313 e. The largest absolute Gasteiger partial charge is 0.388 e. The van der Waals surface area contributed by atoms with E-state index in [9.17, 15) is 23.5 Å². The molecule has 0 fully saturated rings. The summed E-state index contributed by atoms with van der Waals surface area (Å²) in [6, 6.07) is 1.36. The average Bonchev–Trinajstić information content (AvgIpc) is 2.41. The van der Waals surface area contributed by atoms with E-state index in [4.69, 9.17) is 11.6 Å². The number of hydrogen-bond acceptors (Lipinski definition) is 3. The fraction of sp³-hybridized carbons (Fsp3) is 0.429.